The summed E-state index contributed by atoms with van der Waals surface area (Å²) >= 11 is 0. The maximum absolute atomic E-state index is 12.2. The lowest BCUT2D eigenvalue weighted by Crippen LogP contribution is -2.25. The smallest absolute Gasteiger partial charge is 0.226 e. The van der Waals surface area contributed by atoms with E-state index in [1.807, 2.05) is 29.1 Å². The fourth-order valence-electron chi connectivity index (χ4n) is 3.82. The SMILES string of the molecule is COc1cccc([C@H]2CC(=O)Nc3c2cnn3C2CCCC2)c1. The summed E-state index contributed by atoms with van der Waals surface area (Å²) in [5.41, 5.74) is 2.22. The zero-order valence-corrected chi connectivity index (χ0v) is 13.3. The Morgan fingerprint density at radius 2 is 2.13 bits per heavy atom. The number of nitrogens with one attached hydrogen (secondary N) is 1. The van der Waals surface area contributed by atoms with Gasteiger partial charge in [-0.3, -0.25) is 4.79 Å². The highest BCUT2D eigenvalue weighted by atomic mass is 16.5. The minimum atomic E-state index is 0.0454. The first-order valence-corrected chi connectivity index (χ1v) is 8.27. The molecule has 5 nitrogen and oxygen atoms in total. The standard InChI is InChI=1S/C18H21N3O2/c1-23-14-8-4-5-12(9-14)15-10-17(22)20-18-16(15)11-19-21(18)13-6-2-3-7-13/h4-5,8-9,11,13,15H,2-3,6-7,10H2,1H3,(H,20,22)/t15-/m1/s1. The normalized spacial score (nSPS) is 21.1. The van der Waals surface area contributed by atoms with Crippen molar-refractivity contribution in [3.8, 4) is 5.75 Å². The molecule has 1 amide bonds. The number of ether oxygens (including phenoxy) is 1. The van der Waals surface area contributed by atoms with Gasteiger partial charge in [0.25, 0.3) is 0 Å². The average molecular weight is 311 g/mol. The number of amides is 1. The first kappa shape index (κ1) is 14.3. The van der Waals surface area contributed by atoms with Crippen LogP contribution in [0.5, 0.6) is 5.75 Å². The van der Waals surface area contributed by atoms with Gasteiger partial charge in [-0.25, -0.2) is 4.68 Å². The lowest BCUT2D eigenvalue weighted by atomic mass is 9.87. The molecular formula is C18H21N3O2. The highest BCUT2D eigenvalue weighted by Crippen LogP contribution is 2.41. The first-order valence-electron chi connectivity index (χ1n) is 8.27. The van der Waals surface area contributed by atoms with Crippen LogP contribution in [-0.2, 0) is 4.79 Å². The van der Waals surface area contributed by atoms with Gasteiger partial charge in [-0.1, -0.05) is 25.0 Å². The molecule has 0 unspecified atom stereocenters. The second kappa shape index (κ2) is 5.72. The lowest BCUT2D eigenvalue weighted by molar-refractivity contribution is -0.116. The summed E-state index contributed by atoms with van der Waals surface area (Å²) in [4.78, 5) is 12.2. The molecule has 1 N–H and O–H groups in total. The Morgan fingerprint density at radius 3 is 2.91 bits per heavy atom. The third-order valence-corrected chi connectivity index (χ3v) is 5.01. The monoisotopic (exact) mass is 311 g/mol. The predicted molar refractivity (Wildman–Crippen MR) is 87.8 cm³/mol. The third-order valence-electron chi connectivity index (χ3n) is 5.01. The zero-order chi connectivity index (χ0) is 15.8. The largest absolute Gasteiger partial charge is 0.497 e. The molecular weight excluding hydrogens is 290 g/mol. The molecule has 120 valence electrons. The van der Waals surface area contributed by atoms with E-state index >= 15 is 0 Å². The molecule has 1 aliphatic heterocycles. The Bertz CT molecular complexity index is 732. The summed E-state index contributed by atoms with van der Waals surface area (Å²) in [6.07, 6.45) is 7.16. The van der Waals surface area contributed by atoms with Crippen LogP contribution in [0, 0.1) is 0 Å². The summed E-state index contributed by atoms with van der Waals surface area (Å²) in [5, 5.41) is 7.65. The second-order valence-electron chi connectivity index (χ2n) is 6.41. The number of hydrogen-bond acceptors (Lipinski definition) is 3. The van der Waals surface area contributed by atoms with Crippen molar-refractivity contribution >= 4 is 11.7 Å². The van der Waals surface area contributed by atoms with Crippen molar-refractivity contribution in [3.05, 3.63) is 41.6 Å². The van der Waals surface area contributed by atoms with E-state index in [2.05, 4.69) is 16.5 Å². The van der Waals surface area contributed by atoms with Crippen molar-refractivity contribution in [2.45, 2.75) is 44.1 Å². The second-order valence-corrected chi connectivity index (χ2v) is 6.41. The molecule has 0 radical (unpaired) electrons. The summed E-state index contributed by atoms with van der Waals surface area (Å²) in [5.74, 6) is 1.81. The topological polar surface area (TPSA) is 56.1 Å². The minimum absolute atomic E-state index is 0.0454. The number of rotatable bonds is 3. The number of benzene rings is 1. The molecule has 1 fully saturated rings. The van der Waals surface area contributed by atoms with Gasteiger partial charge in [0.15, 0.2) is 0 Å². The van der Waals surface area contributed by atoms with Crippen LogP contribution in [0.2, 0.25) is 0 Å². The van der Waals surface area contributed by atoms with Gasteiger partial charge >= 0.3 is 0 Å². The van der Waals surface area contributed by atoms with E-state index in [4.69, 9.17) is 4.74 Å². The van der Waals surface area contributed by atoms with Crippen molar-refractivity contribution in [1.29, 1.82) is 0 Å². The van der Waals surface area contributed by atoms with Crippen molar-refractivity contribution in [3.63, 3.8) is 0 Å². The average Bonchev–Trinajstić information content (AvgIpc) is 3.23. The molecule has 2 heterocycles. The van der Waals surface area contributed by atoms with Crippen LogP contribution in [0.15, 0.2) is 30.5 Å². The number of nitrogens with zero attached hydrogens (tertiary/aromatic N) is 2. The van der Waals surface area contributed by atoms with Gasteiger partial charge in [0.05, 0.1) is 19.3 Å². The van der Waals surface area contributed by atoms with E-state index in [0.29, 0.717) is 12.5 Å². The highest BCUT2D eigenvalue weighted by molar-refractivity contribution is 5.94. The van der Waals surface area contributed by atoms with Gasteiger partial charge in [-0.2, -0.15) is 5.10 Å². The van der Waals surface area contributed by atoms with E-state index in [9.17, 15) is 4.79 Å². The number of carbonyl (C=O) groups excluding carboxylic acids is 1. The minimum Gasteiger partial charge on any atom is -0.497 e. The van der Waals surface area contributed by atoms with Crippen molar-refractivity contribution in [2.75, 3.05) is 12.4 Å². The maximum atomic E-state index is 12.2. The molecule has 2 aliphatic rings. The Kier molecular flexibility index (Phi) is 3.56. The zero-order valence-electron chi connectivity index (χ0n) is 13.3. The van der Waals surface area contributed by atoms with Gasteiger partial charge in [-0.15, -0.1) is 0 Å². The van der Waals surface area contributed by atoms with Gasteiger partial charge < -0.3 is 10.1 Å². The molecule has 5 heteroatoms. The van der Waals surface area contributed by atoms with E-state index in [0.717, 1.165) is 35.5 Å². The van der Waals surface area contributed by atoms with E-state index in [1.54, 1.807) is 7.11 Å². The molecule has 1 atom stereocenters. The molecule has 0 bridgehead atoms. The van der Waals surface area contributed by atoms with Crippen molar-refractivity contribution in [1.82, 2.24) is 9.78 Å². The molecule has 0 saturated heterocycles. The van der Waals surface area contributed by atoms with Crippen LogP contribution in [0.3, 0.4) is 0 Å². The molecule has 4 rings (SSSR count). The number of hydrogen-bond donors (Lipinski definition) is 1. The van der Waals surface area contributed by atoms with Crippen LogP contribution >= 0.6 is 0 Å². The van der Waals surface area contributed by atoms with Gasteiger partial charge in [0.1, 0.15) is 11.6 Å². The highest BCUT2D eigenvalue weighted by Gasteiger charge is 2.32. The maximum Gasteiger partial charge on any atom is 0.226 e. The number of methoxy groups -OCH3 is 1. The van der Waals surface area contributed by atoms with Crippen molar-refractivity contribution in [2.24, 2.45) is 0 Å². The lowest BCUT2D eigenvalue weighted by Gasteiger charge is -2.25. The molecule has 2 aromatic rings. The Hall–Kier alpha value is -2.30. The number of anilines is 1. The Balaban J connectivity index is 1.74. The summed E-state index contributed by atoms with van der Waals surface area (Å²) in [6, 6.07) is 8.39. The fourth-order valence-corrected chi connectivity index (χ4v) is 3.82. The van der Waals surface area contributed by atoms with Crippen molar-refractivity contribution < 1.29 is 9.53 Å². The Morgan fingerprint density at radius 1 is 1.30 bits per heavy atom. The third kappa shape index (κ3) is 2.50. The molecule has 1 aromatic heterocycles. The molecule has 0 spiro atoms. The molecule has 1 aliphatic carbocycles. The molecule has 1 saturated carbocycles. The van der Waals surface area contributed by atoms with Crippen LogP contribution in [0.4, 0.5) is 5.82 Å². The number of fused-ring (bicyclic) bond motifs is 1. The summed E-state index contributed by atoms with van der Waals surface area (Å²) in [7, 11) is 1.66. The Labute approximate surface area is 135 Å². The van der Waals surface area contributed by atoms with E-state index in [1.165, 1.54) is 12.8 Å². The van der Waals surface area contributed by atoms with Gasteiger partial charge in [0.2, 0.25) is 5.91 Å². The van der Waals surface area contributed by atoms with E-state index in [-0.39, 0.29) is 11.8 Å². The number of carbonyl (C=O) groups is 1. The summed E-state index contributed by atoms with van der Waals surface area (Å²) in [6.45, 7) is 0. The first-order chi connectivity index (χ1) is 11.3. The predicted octanol–water partition coefficient (Wildman–Crippen LogP) is 3.48. The van der Waals surface area contributed by atoms with Crippen LogP contribution < -0.4 is 10.1 Å². The van der Waals surface area contributed by atoms with Crippen LogP contribution in [-0.4, -0.2) is 22.8 Å². The van der Waals surface area contributed by atoms with Crippen LogP contribution in [0.1, 0.15) is 55.2 Å². The molecule has 23 heavy (non-hydrogen) atoms. The van der Waals surface area contributed by atoms with Gasteiger partial charge in [-0.05, 0) is 30.5 Å². The fraction of sp³-hybridized carbons (Fsp3) is 0.444. The number of aromatic nitrogens is 2. The summed E-state index contributed by atoms with van der Waals surface area (Å²) < 4.78 is 7.36. The molecule has 1 aromatic carbocycles. The van der Waals surface area contributed by atoms with Gasteiger partial charge in [0, 0.05) is 17.9 Å². The van der Waals surface area contributed by atoms with Crippen LogP contribution in [0.25, 0.3) is 0 Å². The quantitative estimate of drug-likeness (QED) is 0.944. The van der Waals surface area contributed by atoms with E-state index < -0.39 is 0 Å².